The van der Waals surface area contributed by atoms with E-state index in [1.807, 2.05) is 30.3 Å². The monoisotopic (exact) mass is 314 g/mol. The zero-order valence-corrected chi connectivity index (χ0v) is 13.2. The number of hydrogen-bond donors (Lipinski definition) is 0. The predicted octanol–water partition coefficient (Wildman–Crippen LogP) is 3.02. The van der Waals surface area contributed by atoms with Crippen LogP contribution in [-0.2, 0) is 6.54 Å². The van der Waals surface area contributed by atoms with Gasteiger partial charge in [-0.15, -0.1) is 0 Å². The molecular weight excluding hydrogens is 296 g/mol. The molecule has 4 heteroatoms. The molecule has 0 spiro atoms. The lowest BCUT2D eigenvalue weighted by molar-refractivity contribution is 0.250. The molecule has 22 heavy (non-hydrogen) atoms. The van der Waals surface area contributed by atoms with Gasteiger partial charge in [-0.25, -0.2) is 0 Å². The summed E-state index contributed by atoms with van der Waals surface area (Å²) in [6, 6.07) is 17.2. The van der Waals surface area contributed by atoms with Crippen molar-refractivity contribution in [2.75, 3.05) is 31.1 Å². The van der Waals surface area contributed by atoms with Crippen LogP contribution in [0.4, 0.5) is 5.69 Å². The Balaban J connectivity index is 1.62. The number of benzene rings is 1. The lowest BCUT2D eigenvalue weighted by Gasteiger charge is -2.35. The molecule has 0 aromatic heterocycles. The van der Waals surface area contributed by atoms with Crippen molar-refractivity contribution in [3.05, 3.63) is 75.4 Å². The van der Waals surface area contributed by atoms with Gasteiger partial charge in [-0.2, -0.15) is 0 Å². The van der Waals surface area contributed by atoms with Crippen molar-refractivity contribution in [2.45, 2.75) is 6.54 Å². The maximum atomic E-state index is 12.1. The normalized spacial score (nSPS) is 15.8. The van der Waals surface area contributed by atoms with Crippen LogP contribution < -0.4 is 10.3 Å². The predicted molar refractivity (Wildman–Crippen MR) is 91.7 cm³/mol. The second kappa shape index (κ2) is 6.95. The van der Waals surface area contributed by atoms with E-state index in [4.69, 9.17) is 11.6 Å². The molecular formula is C18H19ClN2O. The van der Waals surface area contributed by atoms with Gasteiger partial charge in [0, 0.05) is 37.7 Å². The molecule has 1 aliphatic rings. The fourth-order valence-corrected chi connectivity index (χ4v) is 2.90. The molecule has 0 atom stereocenters. The molecule has 1 saturated heterocycles. The van der Waals surface area contributed by atoms with Crippen LogP contribution >= 0.6 is 11.6 Å². The Morgan fingerprint density at radius 3 is 2.27 bits per heavy atom. The van der Waals surface area contributed by atoms with E-state index in [9.17, 15) is 4.79 Å². The molecule has 1 heterocycles. The van der Waals surface area contributed by atoms with E-state index in [0.29, 0.717) is 0 Å². The smallest absolute Gasteiger partial charge is 0.201 e. The van der Waals surface area contributed by atoms with Crippen LogP contribution in [0.3, 0.4) is 0 Å². The van der Waals surface area contributed by atoms with Crippen LogP contribution in [0.1, 0.15) is 5.56 Å². The third-order valence-corrected chi connectivity index (χ3v) is 4.26. The number of nitrogens with zero attached hydrogens (tertiary/aromatic N) is 2. The first-order valence-electron chi connectivity index (χ1n) is 7.53. The van der Waals surface area contributed by atoms with Gasteiger partial charge in [0.05, 0.1) is 5.69 Å². The lowest BCUT2D eigenvalue weighted by Crippen LogP contribution is -2.47. The summed E-state index contributed by atoms with van der Waals surface area (Å²) >= 11 is 5.92. The highest BCUT2D eigenvalue weighted by atomic mass is 35.5. The maximum Gasteiger partial charge on any atom is 0.201 e. The Kier molecular flexibility index (Phi) is 4.76. The van der Waals surface area contributed by atoms with Gasteiger partial charge in [0.15, 0.2) is 0 Å². The van der Waals surface area contributed by atoms with E-state index in [1.54, 1.807) is 12.1 Å². The van der Waals surface area contributed by atoms with Crippen molar-refractivity contribution < 1.29 is 0 Å². The third kappa shape index (κ3) is 3.67. The second-order valence-electron chi connectivity index (χ2n) is 5.55. The topological polar surface area (TPSA) is 23.6 Å². The molecule has 0 aliphatic carbocycles. The van der Waals surface area contributed by atoms with Gasteiger partial charge in [0.25, 0.3) is 0 Å². The van der Waals surface area contributed by atoms with Gasteiger partial charge in [-0.3, -0.25) is 9.69 Å². The van der Waals surface area contributed by atoms with Gasteiger partial charge >= 0.3 is 0 Å². The highest BCUT2D eigenvalue weighted by Crippen LogP contribution is 2.15. The van der Waals surface area contributed by atoms with Crippen molar-refractivity contribution in [1.29, 1.82) is 0 Å². The molecule has 3 nitrogen and oxygen atoms in total. The minimum Gasteiger partial charge on any atom is -0.366 e. The lowest BCUT2D eigenvalue weighted by atomic mass is 10.2. The summed E-state index contributed by atoms with van der Waals surface area (Å²) in [5.74, 6) is 0. The van der Waals surface area contributed by atoms with Crippen LogP contribution in [0.5, 0.6) is 0 Å². The van der Waals surface area contributed by atoms with E-state index in [0.717, 1.165) is 43.4 Å². The van der Waals surface area contributed by atoms with Crippen molar-refractivity contribution >= 4 is 17.3 Å². The zero-order valence-electron chi connectivity index (χ0n) is 12.4. The minimum atomic E-state index is 0.0937. The van der Waals surface area contributed by atoms with Gasteiger partial charge in [0.1, 0.15) is 0 Å². The summed E-state index contributed by atoms with van der Waals surface area (Å²) in [6.45, 7) is 4.61. The largest absolute Gasteiger partial charge is 0.366 e. The maximum absolute atomic E-state index is 12.1. The number of piperazine rings is 1. The molecule has 1 aliphatic heterocycles. The fourth-order valence-electron chi connectivity index (χ4n) is 2.78. The first-order valence-corrected chi connectivity index (χ1v) is 7.91. The Hall–Kier alpha value is -1.84. The number of halogens is 1. The summed E-state index contributed by atoms with van der Waals surface area (Å²) in [5, 5.41) is 0.772. The standard InChI is InChI=1S/C18H19ClN2O/c19-16-8-6-15(7-9-16)14-20-10-12-21(13-11-20)17-4-2-1-3-5-18(17)22/h1-9H,10-14H2. The molecule has 2 aromatic carbocycles. The Labute approximate surface area is 135 Å². The van der Waals surface area contributed by atoms with Crippen molar-refractivity contribution in [1.82, 2.24) is 4.90 Å². The van der Waals surface area contributed by atoms with Crippen LogP contribution in [0.15, 0.2) is 59.4 Å². The Morgan fingerprint density at radius 1 is 0.864 bits per heavy atom. The highest BCUT2D eigenvalue weighted by molar-refractivity contribution is 6.30. The van der Waals surface area contributed by atoms with E-state index in [1.165, 1.54) is 5.56 Å². The summed E-state index contributed by atoms with van der Waals surface area (Å²) in [6.07, 6.45) is 0. The van der Waals surface area contributed by atoms with Crippen molar-refractivity contribution in [3.63, 3.8) is 0 Å². The van der Waals surface area contributed by atoms with Crippen LogP contribution in [0, 0.1) is 0 Å². The quantitative estimate of drug-likeness (QED) is 0.870. The number of hydrogen-bond acceptors (Lipinski definition) is 3. The first-order chi connectivity index (χ1) is 10.7. The molecule has 0 saturated carbocycles. The average molecular weight is 315 g/mol. The molecule has 114 valence electrons. The Bertz CT molecular complexity index is 679. The molecule has 0 unspecified atom stereocenters. The SMILES string of the molecule is O=c1cccccc1N1CCN(Cc2ccc(Cl)cc2)CC1. The van der Waals surface area contributed by atoms with Gasteiger partial charge < -0.3 is 4.90 Å². The average Bonchev–Trinajstić information content (AvgIpc) is 2.75. The number of rotatable bonds is 3. The van der Waals surface area contributed by atoms with Crippen molar-refractivity contribution in [2.24, 2.45) is 0 Å². The van der Waals surface area contributed by atoms with Crippen LogP contribution in [-0.4, -0.2) is 31.1 Å². The van der Waals surface area contributed by atoms with E-state index in [2.05, 4.69) is 21.9 Å². The summed E-state index contributed by atoms with van der Waals surface area (Å²) in [4.78, 5) is 16.6. The van der Waals surface area contributed by atoms with E-state index >= 15 is 0 Å². The summed E-state index contributed by atoms with van der Waals surface area (Å²) in [7, 11) is 0. The van der Waals surface area contributed by atoms with Gasteiger partial charge in [-0.1, -0.05) is 41.9 Å². The minimum absolute atomic E-state index is 0.0937. The fraction of sp³-hybridized carbons (Fsp3) is 0.278. The molecule has 0 amide bonds. The highest BCUT2D eigenvalue weighted by Gasteiger charge is 2.18. The summed E-state index contributed by atoms with van der Waals surface area (Å²) < 4.78 is 0. The molecule has 1 fully saturated rings. The molecule has 0 N–H and O–H groups in total. The van der Waals surface area contributed by atoms with Crippen molar-refractivity contribution in [3.8, 4) is 0 Å². The van der Waals surface area contributed by atoms with Crippen LogP contribution in [0.2, 0.25) is 5.02 Å². The second-order valence-corrected chi connectivity index (χ2v) is 5.99. The molecule has 0 bridgehead atoms. The van der Waals surface area contributed by atoms with Gasteiger partial charge in [-0.05, 0) is 29.8 Å². The van der Waals surface area contributed by atoms with E-state index in [-0.39, 0.29) is 5.43 Å². The van der Waals surface area contributed by atoms with Gasteiger partial charge in [0.2, 0.25) is 5.43 Å². The van der Waals surface area contributed by atoms with Crippen LogP contribution in [0.25, 0.3) is 0 Å². The van der Waals surface area contributed by atoms with E-state index < -0.39 is 0 Å². The molecule has 3 rings (SSSR count). The Morgan fingerprint density at radius 2 is 1.55 bits per heavy atom. The first kappa shape index (κ1) is 15.1. The number of anilines is 1. The molecule has 0 radical (unpaired) electrons. The summed E-state index contributed by atoms with van der Waals surface area (Å²) in [5.41, 5.74) is 2.17. The third-order valence-electron chi connectivity index (χ3n) is 4.01. The molecule has 2 aromatic rings. The zero-order chi connectivity index (χ0) is 15.4.